The summed E-state index contributed by atoms with van der Waals surface area (Å²) in [6.07, 6.45) is 7.75. The number of aromatic nitrogens is 1. The molecule has 156 valence electrons. The Morgan fingerprint density at radius 2 is 1.93 bits per heavy atom. The number of hydrogen-bond acceptors (Lipinski definition) is 4. The summed E-state index contributed by atoms with van der Waals surface area (Å²) in [6.45, 7) is 2.57. The fourth-order valence-electron chi connectivity index (χ4n) is 4.69. The maximum Gasteiger partial charge on any atom is 0.244 e. The number of piperidine rings is 1. The third-order valence-corrected chi connectivity index (χ3v) is 6.26. The van der Waals surface area contributed by atoms with Crippen LogP contribution in [0.15, 0.2) is 60.9 Å². The Morgan fingerprint density at radius 3 is 2.60 bits per heavy atom. The van der Waals surface area contributed by atoms with Crippen molar-refractivity contribution in [3.63, 3.8) is 0 Å². The third kappa shape index (κ3) is 4.60. The van der Waals surface area contributed by atoms with E-state index in [4.69, 9.17) is 0 Å². The minimum Gasteiger partial charge on any atom is -0.358 e. The van der Waals surface area contributed by atoms with Crippen molar-refractivity contribution in [2.24, 2.45) is 17.8 Å². The summed E-state index contributed by atoms with van der Waals surface area (Å²) in [4.78, 5) is 30.8. The molecule has 1 saturated heterocycles. The Morgan fingerprint density at radius 1 is 1.17 bits per heavy atom. The highest BCUT2D eigenvalue weighted by Crippen LogP contribution is 2.54. The van der Waals surface area contributed by atoms with E-state index in [0.717, 1.165) is 30.6 Å². The van der Waals surface area contributed by atoms with Gasteiger partial charge in [-0.1, -0.05) is 36.4 Å². The molecule has 0 spiro atoms. The molecule has 0 bridgehead atoms. The zero-order valence-corrected chi connectivity index (χ0v) is 17.2. The lowest BCUT2D eigenvalue weighted by molar-refractivity contribution is -0.126. The first-order valence-electron chi connectivity index (χ1n) is 10.5. The first-order valence-corrected chi connectivity index (χ1v) is 10.5. The van der Waals surface area contributed by atoms with Crippen LogP contribution in [0.4, 0.5) is 0 Å². The topological polar surface area (TPSA) is 74.3 Å². The lowest BCUT2D eigenvalue weighted by Gasteiger charge is -2.29. The molecule has 2 amide bonds. The molecule has 6 heteroatoms. The average molecular weight is 405 g/mol. The van der Waals surface area contributed by atoms with Gasteiger partial charge in [0, 0.05) is 45.2 Å². The zero-order valence-electron chi connectivity index (χ0n) is 17.2. The minimum atomic E-state index is -0.220. The largest absolute Gasteiger partial charge is 0.358 e. The van der Waals surface area contributed by atoms with Gasteiger partial charge in [-0.25, -0.2) is 0 Å². The van der Waals surface area contributed by atoms with E-state index in [1.54, 1.807) is 31.6 Å². The average Bonchev–Trinajstić information content (AvgIpc) is 3.23. The summed E-state index contributed by atoms with van der Waals surface area (Å²) in [5.41, 5.74) is 1.95. The van der Waals surface area contributed by atoms with Crippen LogP contribution in [0.3, 0.4) is 0 Å². The minimum absolute atomic E-state index is 0.0479. The number of pyridine rings is 1. The Hall–Kier alpha value is -2.99. The second kappa shape index (κ2) is 9.22. The smallest absolute Gasteiger partial charge is 0.244 e. The molecule has 3 unspecified atom stereocenters. The van der Waals surface area contributed by atoms with Crippen LogP contribution in [-0.2, 0) is 9.59 Å². The molecule has 2 N–H and O–H groups in total. The number of nitrogens with zero attached hydrogens (tertiary/aromatic N) is 2. The van der Waals surface area contributed by atoms with E-state index < -0.39 is 0 Å². The van der Waals surface area contributed by atoms with Gasteiger partial charge >= 0.3 is 0 Å². The van der Waals surface area contributed by atoms with Crippen LogP contribution < -0.4 is 10.6 Å². The quantitative estimate of drug-likeness (QED) is 0.662. The van der Waals surface area contributed by atoms with Crippen LogP contribution in [-0.4, -0.2) is 48.4 Å². The van der Waals surface area contributed by atoms with Crippen molar-refractivity contribution in [1.29, 1.82) is 0 Å². The molecule has 2 heterocycles. The van der Waals surface area contributed by atoms with Gasteiger partial charge in [0.2, 0.25) is 11.8 Å². The molecular weight excluding hydrogens is 376 g/mol. The standard InChI is InChI=1S/C24H28N4O2/c1-25-24(30)23(18-7-3-2-4-8-18)28-15-20-19(21(20)16-28)11-13-27-22(29)10-9-17-6-5-12-26-14-17/h2-10,12,14,19-21,23H,11,13,15-16H2,1H3,(H,25,30)(H,27,29)/b10-9+. The molecule has 4 rings (SSSR count). The van der Waals surface area contributed by atoms with Gasteiger partial charge in [-0.2, -0.15) is 0 Å². The number of rotatable bonds is 8. The summed E-state index contributed by atoms with van der Waals surface area (Å²) >= 11 is 0. The van der Waals surface area contributed by atoms with Crippen molar-refractivity contribution < 1.29 is 9.59 Å². The number of fused-ring (bicyclic) bond motifs is 1. The Balaban J connectivity index is 1.23. The second-order valence-electron chi connectivity index (χ2n) is 8.07. The number of carbonyl (C=O) groups is 2. The number of amides is 2. The van der Waals surface area contributed by atoms with E-state index in [1.165, 1.54) is 0 Å². The Kier molecular flexibility index (Phi) is 6.23. The van der Waals surface area contributed by atoms with E-state index in [0.29, 0.717) is 24.3 Å². The summed E-state index contributed by atoms with van der Waals surface area (Å²) in [6, 6.07) is 13.5. The summed E-state index contributed by atoms with van der Waals surface area (Å²) in [5.74, 6) is 1.87. The van der Waals surface area contributed by atoms with Crippen LogP contribution in [0.25, 0.3) is 6.08 Å². The van der Waals surface area contributed by atoms with Gasteiger partial charge in [0.1, 0.15) is 6.04 Å². The summed E-state index contributed by atoms with van der Waals surface area (Å²) in [5, 5.41) is 5.79. The van der Waals surface area contributed by atoms with Crippen molar-refractivity contribution in [3.05, 3.63) is 72.1 Å². The molecular formula is C24H28N4O2. The number of likely N-dealkylation sites (N-methyl/N-ethyl adjacent to an activating group) is 1. The van der Waals surface area contributed by atoms with Crippen molar-refractivity contribution in [1.82, 2.24) is 20.5 Å². The number of benzene rings is 1. The molecule has 2 aliphatic rings. The van der Waals surface area contributed by atoms with Crippen LogP contribution >= 0.6 is 0 Å². The Bertz CT molecular complexity index is 888. The van der Waals surface area contributed by atoms with E-state index in [1.807, 2.05) is 42.5 Å². The number of hydrogen-bond donors (Lipinski definition) is 2. The fourth-order valence-corrected chi connectivity index (χ4v) is 4.69. The monoisotopic (exact) mass is 404 g/mol. The highest BCUT2D eigenvalue weighted by molar-refractivity contribution is 5.91. The predicted molar refractivity (Wildman–Crippen MR) is 116 cm³/mol. The van der Waals surface area contributed by atoms with Gasteiger partial charge in [0.15, 0.2) is 0 Å². The van der Waals surface area contributed by atoms with E-state index in [9.17, 15) is 9.59 Å². The molecule has 3 atom stereocenters. The Labute approximate surface area is 177 Å². The van der Waals surface area contributed by atoms with Gasteiger partial charge < -0.3 is 10.6 Å². The highest BCUT2D eigenvalue weighted by Gasteiger charge is 2.56. The van der Waals surface area contributed by atoms with Crippen molar-refractivity contribution in [3.8, 4) is 0 Å². The fraction of sp³-hybridized carbons (Fsp3) is 0.375. The predicted octanol–water partition coefficient (Wildman–Crippen LogP) is 2.27. The first kappa shape index (κ1) is 20.3. The lowest BCUT2D eigenvalue weighted by Crippen LogP contribution is -2.39. The molecule has 30 heavy (non-hydrogen) atoms. The summed E-state index contributed by atoms with van der Waals surface area (Å²) in [7, 11) is 1.70. The van der Waals surface area contributed by atoms with Gasteiger partial charge in [0.05, 0.1) is 0 Å². The van der Waals surface area contributed by atoms with E-state index >= 15 is 0 Å². The van der Waals surface area contributed by atoms with E-state index in [2.05, 4.69) is 20.5 Å². The molecule has 1 saturated carbocycles. The molecule has 0 radical (unpaired) electrons. The van der Waals surface area contributed by atoms with Crippen LogP contribution in [0.2, 0.25) is 0 Å². The lowest BCUT2D eigenvalue weighted by atomic mass is 10.0. The van der Waals surface area contributed by atoms with Gasteiger partial charge in [-0.3, -0.25) is 19.5 Å². The van der Waals surface area contributed by atoms with Crippen LogP contribution in [0, 0.1) is 17.8 Å². The molecule has 1 aliphatic heterocycles. The van der Waals surface area contributed by atoms with Crippen molar-refractivity contribution >= 4 is 17.9 Å². The second-order valence-corrected chi connectivity index (χ2v) is 8.07. The number of carbonyl (C=O) groups excluding carboxylic acids is 2. The molecule has 1 aromatic heterocycles. The molecule has 2 aromatic rings. The molecule has 2 fully saturated rings. The highest BCUT2D eigenvalue weighted by atomic mass is 16.2. The normalized spacial score (nSPS) is 23.7. The first-order chi connectivity index (χ1) is 14.7. The van der Waals surface area contributed by atoms with E-state index in [-0.39, 0.29) is 17.9 Å². The van der Waals surface area contributed by atoms with Crippen LogP contribution in [0.1, 0.15) is 23.6 Å². The molecule has 1 aliphatic carbocycles. The van der Waals surface area contributed by atoms with Crippen LogP contribution in [0.5, 0.6) is 0 Å². The number of nitrogens with one attached hydrogen (secondary N) is 2. The molecule has 1 aromatic carbocycles. The summed E-state index contributed by atoms with van der Waals surface area (Å²) < 4.78 is 0. The van der Waals surface area contributed by atoms with Gasteiger partial charge in [0.25, 0.3) is 0 Å². The van der Waals surface area contributed by atoms with Gasteiger partial charge in [-0.15, -0.1) is 0 Å². The van der Waals surface area contributed by atoms with Crippen molar-refractivity contribution in [2.75, 3.05) is 26.7 Å². The number of likely N-dealkylation sites (tertiary alicyclic amines) is 1. The van der Waals surface area contributed by atoms with Gasteiger partial charge in [-0.05, 0) is 47.4 Å². The maximum atomic E-state index is 12.5. The van der Waals surface area contributed by atoms with Crippen molar-refractivity contribution in [2.45, 2.75) is 12.5 Å². The third-order valence-electron chi connectivity index (χ3n) is 6.26. The SMILES string of the molecule is CNC(=O)C(c1ccccc1)N1CC2C(CCNC(=O)/C=C/c3cccnc3)C2C1. The zero-order chi connectivity index (χ0) is 20.9. The molecule has 6 nitrogen and oxygen atoms in total. The maximum absolute atomic E-state index is 12.5.